The van der Waals surface area contributed by atoms with E-state index in [9.17, 15) is 19.1 Å². The Bertz CT molecular complexity index is 843. The van der Waals surface area contributed by atoms with Crippen LogP contribution in [0, 0.1) is 5.82 Å². The number of benzene rings is 1. The Morgan fingerprint density at radius 1 is 1.36 bits per heavy atom. The SMILES string of the molecule is CC(C)(C)OC(=O)N1CCC(n2nnc3ccc(F)c(C(=O)O)c32)C1. The molecule has 0 aliphatic carbocycles. The van der Waals surface area contributed by atoms with E-state index in [1.54, 1.807) is 20.8 Å². The lowest BCUT2D eigenvalue weighted by molar-refractivity contribution is 0.0288. The summed E-state index contributed by atoms with van der Waals surface area (Å²) in [6, 6.07) is 2.16. The molecule has 25 heavy (non-hydrogen) atoms. The number of aromatic carboxylic acids is 1. The van der Waals surface area contributed by atoms with Gasteiger partial charge in [0.2, 0.25) is 0 Å². The molecule has 1 amide bonds. The van der Waals surface area contributed by atoms with E-state index in [4.69, 9.17) is 4.74 Å². The zero-order valence-electron chi connectivity index (χ0n) is 14.2. The van der Waals surface area contributed by atoms with Gasteiger partial charge in [-0.3, -0.25) is 0 Å². The van der Waals surface area contributed by atoms with E-state index in [1.807, 2.05) is 0 Å². The maximum atomic E-state index is 14.0. The summed E-state index contributed by atoms with van der Waals surface area (Å²) in [5.41, 5.74) is -0.634. The number of halogens is 1. The molecule has 0 saturated carbocycles. The zero-order valence-corrected chi connectivity index (χ0v) is 14.2. The number of carbonyl (C=O) groups is 2. The van der Waals surface area contributed by atoms with Crippen molar-refractivity contribution in [1.29, 1.82) is 0 Å². The maximum absolute atomic E-state index is 14.0. The first-order chi connectivity index (χ1) is 11.7. The molecule has 1 unspecified atom stereocenters. The molecule has 1 saturated heterocycles. The number of aromatic nitrogens is 3. The average molecular weight is 350 g/mol. The van der Waals surface area contributed by atoms with Crippen LogP contribution in [0.4, 0.5) is 9.18 Å². The van der Waals surface area contributed by atoms with Gasteiger partial charge in [0.05, 0.1) is 6.04 Å². The van der Waals surface area contributed by atoms with E-state index >= 15 is 0 Å². The van der Waals surface area contributed by atoms with Gasteiger partial charge in [0.1, 0.15) is 28.0 Å². The molecule has 1 aromatic heterocycles. The second kappa shape index (κ2) is 5.98. The maximum Gasteiger partial charge on any atom is 0.410 e. The average Bonchev–Trinajstić information content (AvgIpc) is 3.10. The highest BCUT2D eigenvalue weighted by Crippen LogP contribution is 2.28. The molecule has 1 atom stereocenters. The van der Waals surface area contributed by atoms with Crippen LogP contribution >= 0.6 is 0 Å². The van der Waals surface area contributed by atoms with Crippen LogP contribution in [0.2, 0.25) is 0 Å². The molecule has 0 radical (unpaired) electrons. The summed E-state index contributed by atoms with van der Waals surface area (Å²) in [7, 11) is 0. The molecule has 0 spiro atoms. The van der Waals surface area contributed by atoms with Crippen molar-refractivity contribution >= 4 is 23.1 Å². The van der Waals surface area contributed by atoms with Crippen molar-refractivity contribution in [2.75, 3.05) is 13.1 Å². The first-order valence-electron chi connectivity index (χ1n) is 7.92. The molecule has 9 heteroatoms. The van der Waals surface area contributed by atoms with Crippen molar-refractivity contribution in [1.82, 2.24) is 19.9 Å². The fourth-order valence-corrected chi connectivity index (χ4v) is 2.90. The summed E-state index contributed by atoms with van der Waals surface area (Å²) in [6.45, 7) is 6.09. The Morgan fingerprint density at radius 2 is 2.08 bits per heavy atom. The van der Waals surface area contributed by atoms with Gasteiger partial charge in [0, 0.05) is 13.1 Å². The molecule has 2 heterocycles. The van der Waals surface area contributed by atoms with Crippen molar-refractivity contribution in [3.8, 4) is 0 Å². The summed E-state index contributed by atoms with van der Waals surface area (Å²) in [4.78, 5) is 25.1. The fraction of sp³-hybridized carbons (Fsp3) is 0.500. The van der Waals surface area contributed by atoms with Gasteiger partial charge in [0.15, 0.2) is 0 Å². The van der Waals surface area contributed by atoms with E-state index in [2.05, 4.69) is 10.3 Å². The monoisotopic (exact) mass is 350 g/mol. The molecule has 1 aliphatic rings. The van der Waals surface area contributed by atoms with Gasteiger partial charge in [0.25, 0.3) is 0 Å². The molecular weight excluding hydrogens is 331 g/mol. The first-order valence-corrected chi connectivity index (χ1v) is 7.92. The molecule has 1 fully saturated rings. The number of ether oxygens (including phenoxy) is 1. The molecule has 134 valence electrons. The third-order valence-electron chi connectivity index (χ3n) is 3.96. The number of nitrogens with zero attached hydrogens (tertiary/aromatic N) is 4. The molecule has 1 aliphatic heterocycles. The van der Waals surface area contributed by atoms with Gasteiger partial charge in [-0.25, -0.2) is 18.7 Å². The molecule has 3 rings (SSSR count). The van der Waals surface area contributed by atoms with E-state index in [1.165, 1.54) is 15.6 Å². The number of likely N-dealkylation sites (tertiary alicyclic amines) is 1. The minimum absolute atomic E-state index is 0.128. The van der Waals surface area contributed by atoms with Crippen LogP contribution in [0.15, 0.2) is 12.1 Å². The highest BCUT2D eigenvalue weighted by molar-refractivity contribution is 6.01. The number of amides is 1. The number of hydrogen-bond acceptors (Lipinski definition) is 5. The van der Waals surface area contributed by atoms with Crippen LogP contribution in [0.5, 0.6) is 0 Å². The van der Waals surface area contributed by atoms with Gasteiger partial charge in [-0.2, -0.15) is 0 Å². The van der Waals surface area contributed by atoms with Gasteiger partial charge in [-0.05, 0) is 39.3 Å². The van der Waals surface area contributed by atoms with Crippen LogP contribution in [0.25, 0.3) is 11.0 Å². The smallest absolute Gasteiger partial charge is 0.410 e. The summed E-state index contributed by atoms with van der Waals surface area (Å²) in [5, 5.41) is 17.2. The van der Waals surface area contributed by atoms with Gasteiger partial charge >= 0.3 is 12.1 Å². The third-order valence-corrected chi connectivity index (χ3v) is 3.96. The molecular formula is C16H19FN4O4. The van der Waals surface area contributed by atoms with Crippen molar-refractivity contribution in [3.63, 3.8) is 0 Å². The van der Waals surface area contributed by atoms with Crippen LogP contribution in [-0.4, -0.2) is 55.8 Å². The highest BCUT2D eigenvalue weighted by Gasteiger charge is 2.33. The van der Waals surface area contributed by atoms with Gasteiger partial charge in [-0.1, -0.05) is 5.21 Å². The van der Waals surface area contributed by atoms with Crippen molar-refractivity contribution in [3.05, 3.63) is 23.5 Å². The predicted molar refractivity (Wildman–Crippen MR) is 85.9 cm³/mol. The van der Waals surface area contributed by atoms with Crippen LogP contribution in [0.1, 0.15) is 43.6 Å². The standard InChI is InChI=1S/C16H19FN4O4/c1-16(2,3)25-15(24)20-7-6-9(8-20)21-13-11(18-19-21)5-4-10(17)12(13)14(22)23/h4-5,9H,6-8H2,1-3H3,(H,22,23). The second-order valence-corrected chi connectivity index (χ2v) is 7.00. The van der Waals surface area contributed by atoms with Gasteiger partial charge < -0.3 is 14.7 Å². The molecule has 2 aromatic rings. The second-order valence-electron chi connectivity index (χ2n) is 7.00. The van der Waals surface area contributed by atoms with Crippen LogP contribution < -0.4 is 0 Å². The number of carbonyl (C=O) groups excluding carboxylic acids is 1. The number of hydrogen-bond donors (Lipinski definition) is 1. The Morgan fingerprint density at radius 3 is 2.72 bits per heavy atom. The van der Waals surface area contributed by atoms with E-state index in [-0.39, 0.29) is 11.6 Å². The Hall–Kier alpha value is -2.71. The summed E-state index contributed by atoms with van der Waals surface area (Å²) in [6.07, 6.45) is 0.108. The van der Waals surface area contributed by atoms with E-state index < -0.39 is 29.0 Å². The van der Waals surface area contributed by atoms with E-state index in [0.29, 0.717) is 25.0 Å². The summed E-state index contributed by atoms with van der Waals surface area (Å²) in [5.74, 6) is -2.22. The number of carboxylic acid groups (broad SMARTS) is 1. The Kier molecular flexibility index (Phi) is 4.09. The normalized spacial score (nSPS) is 17.9. The van der Waals surface area contributed by atoms with Gasteiger partial charge in [-0.15, -0.1) is 5.10 Å². The molecule has 0 bridgehead atoms. The quantitative estimate of drug-likeness (QED) is 0.893. The minimum Gasteiger partial charge on any atom is -0.478 e. The lowest BCUT2D eigenvalue weighted by Crippen LogP contribution is -2.35. The Labute approximate surface area is 143 Å². The van der Waals surface area contributed by atoms with Crippen molar-refractivity contribution < 1.29 is 23.8 Å². The topological polar surface area (TPSA) is 97.5 Å². The lowest BCUT2D eigenvalue weighted by atomic mass is 10.1. The summed E-state index contributed by atoms with van der Waals surface area (Å²) >= 11 is 0. The van der Waals surface area contributed by atoms with Crippen LogP contribution in [0.3, 0.4) is 0 Å². The molecule has 8 nitrogen and oxygen atoms in total. The van der Waals surface area contributed by atoms with Crippen LogP contribution in [-0.2, 0) is 4.74 Å². The fourth-order valence-electron chi connectivity index (χ4n) is 2.90. The highest BCUT2D eigenvalue weighted by atomic mass is 19.1. The number of carboxylic acids is 1. The predicted octanol–water partition coefficient (Wildman–Crippen LogP) is 2.45. The summed E-state index contributed by atoms with van der Waals surface area (Å²) < 4.78 is 20.7. The first kappa shape index (κ1) is 17.1. The largest absolute Gasteiger partial charge is 0.478 e. The lowest BCUT2D eigenvalue weighted by Gasteiger charge is -2.24. The molecule has 1 aromatic carbocycles. The zero-order chi connectivity index (χ0) is 18.4. The van der Waals surface area contributed by atoms with Crippen molar-refractivity contribution in [2.45, 2.75) is 38.8 Å². The number of rotatable bonds is 2. The minimum atomic E-state index is -1.38. The third kappa shape index (κ3) is 3.26. The van der Waals surface area contributed by atoms with Crippen molar-refractivity contribution in [2.24, 2.45) is 0 Å². The number of fused-ring (bicyclic) bond motifs is 1. The Balaban J connectivity index is 1.90. The van der Waals surface area contributed by atoms with E-state index in [0.717, 1.165) is 6.07 Å². The molecule has 1 N–H and O–H groups in total.